The van der Waals surface area contributed by atoms with Crippen LogP contribution in [0.2, 0.25) is 0 Å². The van der Waals surface area contributed by atoms with E-state index in [0.29, 0.717) is 35.1 Å². The molecule has 2 aromatic carbocycles. The van der Waals surface area contributed by atoms with Crippen molar-refractivity contribution in [3.05, 3.63) is 58.6 Å². The number of aromatic amines is 1. The molecular formula is C22H21N5O5. The van der Waals surface area contributed by atoms with Crippen molar-refractivity contribution < 1.29 is 19.0 Å². The molecule has 2 aromatic heterocycles. The van der Waals surface area contributed by atoms with E-state index in [4.69, 9.17) is 19.9 Å². The van der Waals surface area contributed by atoms with Crippen LogP contribution in [0.3, 0.4) is 0 Å². The Bertz CT molecular complexity index is 1380. The van der Waals surface area contributed by atoms with Gasteiger partial charge in [0.05, 0.1) is 32.1 Å². The van der Waals surface area contributed by atoms with Crippen LogP contribution >= 0.6 is 0 Å². The third kappa shape index (κ3) is 3.51. The molecule has 4 aromatic rings. The molecule has 0 aliphatic heterocycles. The minimum absolute atomic E-state index is 0.104. The van der Waals surface area contributed by atoms with Gasteiger partial charge in [-0.15, -0.1) is 0 Å². The highest BCUT2D eigenvalue weighted by molar-refractivity contribution is 6.02. The van der Waals surface area contributed by atoms with Gasteiger partial charge in [0.25, 0.3) is 5.91 Å². The van der Waals surface area contributed by atoms with Crippen LogP contribution in [0.5, 0.6) is 17.2 Å². The second-order valence-corrected chi connectivity index (χ2v) is 6.69. The van der Waals surface area contributed by atoms with E-state index in [1.165, 1.54) is 18.8 Å². The van der Waals surface area contributed by atoms with Crippen LogP contribution in [-0.4, -0.2) is 46.3 Å². The van der Waals surface area contributed by atoms with Crippen LogP contribution in [0.15, 0.2) is 47.3 Å². The summed E-state index contributed by atoms with van der Waals surface area (Å²) in [7, 11) is 3.01. The van der Waals surface area contributed by atoms with Crippen molar-refractivity contribution in [3.8, 4) is 34.3 Å². The maximum atomic E-state index is 12.9. The second-order valence-electron chi connectivity index (χ2n) is 6.69. The largest absolute Gasteiger partial charge is 0.493 e. The van der Waals surface area contributed by atoms with Crippen LogP contribution in [0.25, 0.3) is 28.2 Å². The first-order chi connectivity index (χ1) is 15.5. The van der Waals surface area contributed by atoms with Gasteiger partial charge in [-0.05, 0) is 31.2 Å². The van der Waals surface area contributed by atoms with Crippen LogP contribution in [0.4, 0.5) is 0 Å². The van der Waals surface area contributed by atoms with Crippen LogP contribution in [-0.2, 0) is 0 Å². The smallest absolute Gasteiger partial charge is 0.332 e. The number of carbonyl (C=O) groups is 1. The summed E-state index contributed by atoms with van der Waals surface area (Å²) in [5.74, 6) is 0.873. The summed E-state index contributed by atoms with van der Waals surface area (Å²) in [5.41, 5.74) is 6.30. The highest BCUT2D eigenvalue weighted by atomic mass is 16.5. The minimum Gasteiger partial charge on any atom is -0.493 e. The molecule has 2 heterocycles. The summed E-state index contributed by atoms with van der Waals surface area (Å²) in [6.07, 6.45) is 0. The predicted octanol–water partition coefficient (Wildman–Crippen LogP) is 2.29. The number of para-hydroxylation sites is 1. The Morgan fingerprint density at radius 2 is 1.81 bits per heavy atom. The number of imidazole rings is 1. The number of primary amides is 1. The fourth-order valence-electron chi connectivity index (χ4n) is 3.42. The molecule has 1 amide bonds. The molecule has 0 saturated carbocycles. The molecule has 0 spiro atoms. The van der Waals surface area contributed by atoms with Crippen LogP contribution in [0, 0.1) is 0 Å². The number of ether oxygens (including phenoxy) is 3. The van der Waals surface area contributed by atoms with E-state index in [2.05, 4.69) is 15.0 Å². The molecule has 0 fully saturated rings. The van der Waals surface area contributed by atoms with E-state index in [1.807, 2.05) is 13.0 Å². The van der Waals surface area contributed by atoms with Crippen molar-refractivity contribution in [3.63, 3.8) is 0 Å². The van der Waals surface area contributed by atoms with Crippen molar-refractivity contribution in [1.29, 1.82) is 0 Å². The van der Waals surface area contributed by atoms with E-state index in [1.54, 1.807) is 36.4 Å². The first kappa shape index (κ1) is 20.9. The van der Waals surface area contributed by atoms with Crippen molar-refractivity contribution in [2.24, 2.45) is 5.73 Å². The highest BCUT2D eigenvalue weighted by Gasteiger charge is 2.22. The Kier molecular flexibility index (Phi) is 5.50. The monoisotopic (exact) mass is 435 g/mol. The van der Waals surface area contributed by atoms with Gasteiger partial charge >= 0.3 is 5.69 Å². The van der Waals surface area contributed by atoms with E-state index in [9.17, 15) is 9.59 Å². The summed E-state index contributed by atoms with van der Waals surface area (Å²) in [5, 5.41) is 0. The van der Waals surface area contributed by atoms with Gasteiger partial charge in [-0.3, -0.25) is 4.79 Å². The summed E-state index contributed by atoms with van der Waals surface area (Å²) in [6, 6.07) is 12.1. The lowest BCUT2D eigenvalue weighted by atomic mass is 10.1. The number of aromatic nitrogens is 4. The van der Waals surface area contributed by atoms with Crippen molar-refractivity contribution in [2.45, 2.75) is 6.92 Å². The lowest BCUT2D eigenvalue weighted by Gasteiger charge is -2.12. The first-order valence-electron chi connectivity index (χ1n) is 9.75. The standard InChI is InChI=1S/C22H21N5O5/c1-4-32-14-8-6-5-7-13(14)20-24-17(19(23)28)18-21(26-20)27(22(29)25-18)12-9-10-15(30-2)16(11-12)31-3/h5-11H,4H2,1-3H3,(H2,23,28)(H,25,29). The molecule has 4 rings (SSSR count). The number of fused-ring (bicyclic) bond motifs is 1. The quantitative estimate of drug-likeness (QED) is 0.455. The number of H-pyrrole nitrogens is 1. The van der Waals surface area contributed by atoms with Gasteiger partial charge in [0.1, 0.15) is 11.3 Å². The molecule has 10 heteroatoms. The number of amides is 1. The fourth-order valence-corrected chi connectivity index (χ4v) is 3.42. The Hall–Kier alpha value is -4.34. The molecule has 0 aliphatic rings. The van der Waals surface area contributed by atoms with Gasteiger partial charge in [-0.25, -0.2) is 19.3 Å². The van der Waals surface area contributed by atoms with Gasteiger partial charge in [0.15, 0.2) is 28.7 Å². The van der Waals surface area contributed by atoms with Crippen LogP contribution in [0.1, 0.15) is 17.4 Å². The van der Waals surface area contributed by atoms with Gasteiger partial charge in [-0.2, -0.15) is 0 Å². The van der Waals surface area contributed by atoms with E-state index in [-0.39, 0.29) is 22.7 Å². The molecule has 3 N–H and O–H groups in total. The molecular weight excluding hydrogens is 414 g/mol. The summed E-state index contributed by atoms with van der Waals surface area (Å²) in [4.78, 5) is 36.6. The van der Waals surface area contributed by atoms with E-state index < -0.39 is 11.6 Å². The number of rotatable bonds is 7. The molecule has 32 heavy (non-hydrogen) atoms. The van der Waals surface area contributed by atoms with Gasteiger partial charge in [0.2, 0.25) is 0 Å². The van der Waals surface area contributed by atoms with Gasteiger partial charge in [-0.1, -0.05) is 12.1 Å². The number of nitrogens with zero attached hydrogens (tertiary/aromatic N) is 3. The normalized spacial score (nSPS) is 10.8. The third-order valence-corrected chi connectivity index (χ3v) is 4.82. The number of hydrogen-bond donors (Lipinski definition) is 2. The number of methoxy groups -OCH3 is 2. The lowest BCUT2D eigenvalue weighted by molar-refractivity contribution is 0.0997. The zero-order valence-electron chi connectivity index (χ0n) is 17.7. The van der Waals surface area contributed by atoms with E-state index >= 15 is 0 Å². The zero-order valence-corrected chi connectivity index (χ0v) is 17.7. The molecule has 0 radical (unpaired) electrons. The van der Waals surface area contributed by atoms with Crippen molar-refractivity contribution in [2.75, 3.05) is 20.8 Å². The summed E-state index contributed by atoms with van der Waals surface area (Å²) < 4.78 is 17.6. The maximum absolute atomic E-state index is 12.9. The summed E-state index contributed by atoms with van der Waals surface area (Å²) in [6.45, 7) is 2.29. The molecule has 0 aliphatic carbocycles. The number of benzene rings is 2. The average molecular weight is 435 g/mol. The Balaban J connectivity index is 2.02. The SMILES string of the molecule is CCOc1ccccc1-c1nc(C(N)=O)c2[nH]c(=O)n(-c3ccc(OC)c(OC)c3)c2n1. The molecule has 0 atom stereocenters. The number of hydrogen-bond acceptors (Lipinski definition) is 7. The number of nitrogens with two attached hydrogens (primary N) is 1. The van der Waals surface area contributed by atoms with Crippen LogP contribution < -0.4 is 25.6 Å². The summed E-state index contributed by atoms with van der Waals surface area (Å²) >= 11 is 0. The maximum Gasteiger partial charge on any atom is 0.332 e. The predicted molar refractivity (Wildman–Crippen MR) is 118 cm³/mol. The number of carbonyl (C=O) groups excluding carboxylic acids is 1. The van der Waals surface area contributed by atoms with E-state index in [0.717, 1.165) is 0 Å². The van der Waals surface area contributed by atoms with Gasteiger partial charge in [0, 0.05) is 6.07 Å². The number of nitrogens with one attached hydrogen (secondary N) is 1. The Morgan fingerprint density at radius 3 is 2.50 bits per heavy atom. The molecule has 10 nitrogen and oxygen atoms in total. The first-order valence-corrected chi connectivity index (χ1v) is 9.75. The molecule has 164 valence electrons. The van der Waals surface area contributed by atoms with Crippen molar-refractivity contribution >= 4 is 17.1 Å². The van der Waals surface area contributed by atoms with Crippen molar-refractivity contribution in [1.82, 2.24) is 19.5 Å². The van der Waals surface area contributed by atoms with Gasteiger partial charge < -0.3 is 24.9 Å². The third-order valence-electron chi connectivity index (χ3n) is 4.82. The molecule has 0 saturated heterocycles. The Labute approximate surface area is 182 Å². The molecule has 0 unspecified atom stereocenters. The highest BCUT2D eigenvalue weighted by Crippen LogP contribution is 2.31. The minimum atomic E-state index is -0.798. The Morgan fingerprint density at radius 1 is 1.06 bits per heavy atom. The molecule has 0 bridgehead atoms. The zero-order chi connectivity index (χ0) is 22.8. The second kappa shape index (κ2) is 8.42. The fraction of sp³-hybridized carbons (Fsp3) is 0.182. The average Bonchev–Trinajstić information content (AvgIpc) is 3.13. The topological polar surface area (TPSA) is 134 Å². The lowest BCUT2D eigenvalue weighted by Crippen LogP contribution is -2.15.